The molecule has 2 amide bonds. The zero-order chi connectivity index (χ0) is 14.5. The minimum atomic E-state index is -0.299. The molecular weight excluding hydrogens is 254 g/mol. The Morgan fingerprint density at radius 1 is 1.25 bits per heavy atom. The van der Waals surface area contributed by atoms with Crippen LogP contribution in [-0.4, -0.2) is 60.9 Å². The molecule has 0 aromatic heterocycles. The van der Waals surface area contributed by atoms with E-state index >= 15 is 0 Å². The Bertz CT molecular complexity index is 353. The molecule has 5 heteroatoms. The Kier molecular flexibility index (Phi) is 5.54. The molecular formula is C15H27N3O2. The first-order valence-electron chi connectivity index (χ1n) is 7.83. The van der Waals surface area contributed by atoms with Crippen molar-refractivity contribution in [2.75, 3.05) is 27.2 Å². The van der Waals surface area contributed by atoms with Gasteiger partial charge in [-0.15, -0.1) is 0 Å². The summed E-state index contributed by atoms with van der Waals surface area (Å²) in [7, 11) is 3.76. The van der Waals surface area contributed by atoms with Crippen molar-refractivity contribution in [2.45, 2.75) is 57.0 Å². The fourth-order valence-corrected chi connectivity index (χ4v) is 3.22. The van der Waals surface area contributed by atoms with Crippen LogP contribution in [0, 0.1) is 0 Å². The highest BCUT2D eigenvalue weighted by Crippen LogP contribution is 2.21. The number of rotatable bonds is 6. The topological polar surface area (TPSA) is 52.7 Å². The van der Waals surface area contributed by atoms with Crippen molar-refractivity contribution in [1.29, 1.82) is 0 Å². The van der Waals surface area contributed by atoms with Gasteiger partial charge < -0.3 is 10.2 Å². The minimum Gasteiger partial charge on any atom is -0.305 e. The van der Waals surface area contributed by atoms with Gasteiger partial charge in [0.25, 0.3) is 0 Å². The zero-order valence-corrected chi connectivity index (χ0v) is 12.7. The number of hydrogen-bond acceptors (Lipinski definition) is 4. The largest absolute Gasteiger partial charge is 0.305 e. The molecule has 1 unspecified atom stereocenters. The molecule has 1 atom stereocenters. The normalized spacial score (nSPS) is 24.9. The van der Waals surface area contributed by atoms with Crippen LogP contribution in [-0.2, 0) is 9.59 Å². The maximum atomic E-state index is 11.7. The number of nitrogens with zero attached hydrogens (tertiary/aromatic N) is 2. The van der Waals surface area contributed by atoms with Crippen molar-refractivity contribution in [1.82, 2.24) is 15.1 Å². The fourth-order valence-electron chi connectivity index (χ4n) is 3.22. The molecule has 1 heterocycles. The highest BCUT2D eigenvalue weighted by Gasteiger charge is 2.35. The third-order valence-electron chi connectivity index (χ3n) is 4.66. The maximum Gasteiger partial charge on any atom is 0.246 e. The summed E-state index contributed by atoms with van der Waals surface area (Å²) in [4.78, 5) is 26.8. The molecule has 1 aliphatic heterocycles. The number of amides is 2. The standard InChI is InChI=1S/C15H27N3O2/c1-17(12-7-4-3-5-8-12)10-6-9-16-13-11-14(19)18(2)15(13)20/h12-13,16H,3-11H2,1-2H3. The van der Waals surface area contributed by atoms with Crippen molar-refractivity contribution >= 4 is 11.8 Å². The average molecular weight is 281 g/mol. The van der Waals surface area contributed by atoms with Crippen LogP contribution in [0.2, 0.25) is 0 Å². The van der Waals surface area contributed by atoms with Gasteiger partial charge in [-0.25, -0.2) is 0 Å². The molecule has 0 spiro atoms. The van der Waals surface area contributed by atoms with Crippen LogP contribution in [0.5, 0.6) is 0 Å². The van der Waals surface area contributed by atoms with Crippen LogP contribution in [0.3, 0.4) is 0 Å². The molecule has 5 nitrogen and oxygen atoms in total. The number of likely N-dealkylation sites (tertiary alicyclic amines) is 1. The van der Waals surface area contributed by atoms with E-state index in [0.717, 1.165) is 25.6 Å². The third kappa shape index (κ3) is 3.79. The lowest BCUT2D eigenvalue weighted by molar-refractivity contribution is -0.137. The monoisotopic (exact) mass is 281 g/mol. The summed E-state index contributed by atoms with van der Waals surface area (Å²) < 4.78 is 0. The first-order chi connectivity index (χ1) is 9.59. The number of nitrogens with one attached hydrogen (secondary N) is 1. The van der Waals surface area contributed by atoms with E-state index in [0.29, 0.717) is 6.42 Å². The van der Waals surface area contributed by atoms with Crippen LogP contribution in [0.1, 0.15) is 44.9 Å². The molecule has 2 fully saturated rings. The predicted molar refractivity (Wildman–Crippen MR) is 78.3 cm³/mol. The van der Waals surface area contributed by atoms with E-state index in [1.807, 2.05) is 0 Å². The summed E-state index contributed by atoms with van der Waals surface area (Å²) in [6.07, 6.45) is 8.09. The highest BCUT2D eigenvalue weighted by molar-refractivity contribution is 6.05. The van der Waals surface area contributed by atoms with E-state index in [4.69, 9.17) is 0 Å². The summed E-state index contributed by atoms with van der Waals surface area (Å²) in [6.45, 7) is 1.86. The summed E-state index contributed by atoms with van der Waals surface area (Å²) in [5.74, 6) is -0.164. The van der Waals surface area contributed by atoms with Gasteiger partial charge in [0.2, 0.25) is 11.8 Å². The van der Waals surface area contributed by atoms with Crippen LogP contribution < -0.4 is 5.32 Å². The van der Waals surface area contributed by atoms with Crippen LogP contribution in [0.15, 0.2) is 0 Å². The summed E-state index contributed by atoms with van der Waals surface area (Å²) in [5.41, 5.74) is 0. The number of carbonyl (C=O) groups excluding carboxylic acids is 2. The Morgan fingerprint density at radius 2 is 1.95 bits per heavy atom. The van der Waals surface area contributed by atoms with Gasteiger partial charge in [-0.2, -0.15) is 0 Å². The fraction of sp³-hybridized carbons (Fsp3) is 0.867. The SMILES string of the molecule is CN1C(=O)CC(NCCCN(C)C2CCCCC2)C1=O. The smallest absolute Gasteiger partial charge is 0.246 e. The van der Waals surface area contributed by atoms with Crippen molar-refractivity contribution in [3.8, 4) is 0 Å². The number of imide groups is 1. The van der Waals surface area contributed by atoms with Gasteiger partial charge >= 0.3 is 0 Å². The van der Waals surface area contributed by atoms with E-state index in [2.05, 4.69) is 17.3 Å². The first-order valence-corrected chi connectivity index (χ1v) is 7.83. The molecule has 1 aliphatic carbocycles. The molecule has 1 saturated carbocycles. The quantitative estimate of drug-likeness (QED) is 0.583. The number of carbonyl (C=O) groups is 2. The molecule has 2 aliphatic rings. The predicted octanol–water partition coefficient (Wildman–Crippen LogP) is 0.988. The van der Waals surface area contributed by atoms with Gasteiger partial charge in [0, 0.05) is 13.1 Å². The average Bonchev–Trinajstić information content (AvgIpc) is 2.71. The number of hydrogen-bond donors (Lipinski definition) is 1. The van der Waals surface area contributed by atoms with E-state index in [1.54, 1.807) is 7.05 Å². The molecule has 114 valence electrons. The van der Waals surface area contributed by atoms with Crippen LogP contribution >= 0.6 is 0 Å². The van der Waals surface area contributed by atoms with Gasteiger partial charge in [0.15, 0.2) is 0 Å². The zero-order valence-electron chi connectivity index (χ0n) is 12.7. The lowest BCUT2D eigenvalue weighted by Gasteiger charge is -2.31. The minimum absolute atomic E-state index is 0.0770. The first kappa shape index (κ1) is 15.4. The third-order valence-corrected chi connectivity index (χ3v) is 4.66. The van der Waals surface area contributed by atoms with Gasteiger partial charge in [0.1, 0.15) is 0 Å². The van der Waals surface area contributed by atoms with Crippen LogP contribution in [0.25, 0.3) is 0 Å². The molecule has 0 bridgehead atoms. The molecule has 0 aromatic rings. The highest BCUT2D eigenvalue weighted by atomic mass is 16.2. The van der Waals surface area contributed by atoms with Crippen molar-refractivity contribution in [2.24, 2.45) is 0 Å². The summed E-state index contributed by atoms with van der Waals surface area (Å²) in [5, 5.41) is 3.21. The van der Waals surface area contributed by atoms with Gasteiger partial charge in [0.05, 0.1) is 12.5 Å². The Balaban J connectivity index is 1.61. The summed E-state index contributed by atoms with van der Waals surface area (Å²) >= 11 is 0. The van der Waals surface area contributed by atoms with Gasteiger partial charge in [-0.3, -0.25) is 14.5 Å². The van der Waals surface area contributed by atoms with Crippen LogP contribution in [0.4, 0.5) is 0 Å². The Labute approximate surface area is 121 Å². The lowest BCUT2D eigenvalue weighted by Crippen LogP contribution is -2.39. The van der Waals surface area contributed by atoms with Gasteiger partial charge in [-0.1, -0.05) is 19.3 Å². The second kappa shape index (κ2) is 7.18. The molecule has 0 aromatic carbocycles. The molecule has 20 heavy (non-hydrogen) atoms. The Hall–Kier alpha value is -0.940. The second-order valence-corrected chi connectivity index (χ2v) is 6.13. The van der Waals surface area contributed by atoms with E-state index in [9.17, 15) is 9.59 Å². The van der Waals surface area contributed by atoms with Crippen molar-refractivity contribution in [3.05, 3.63) is 0 Å². The van der Waals surface area contributed by atoms with Crippen molar-refractivity contribution in [3.63, 3.8) is 0 Å². The molecule has 1 N–H and O–H groups in total. The molecule has 2 rings (SSSR count). The maximum absolute atomic E-state index is 11.7. The van der Waals surface area contributed by atoms with Crippen molar-refractivity contribution < 1.29 is 9.59 Å². The summed E-state index contributed by atoms with van der Waals surface area (Å²) in [6, 6.07) is 0.442. The lowest BCUT2D eigenvalue weighted by atomic mass is 9.94. The Morgan fingerprint density at radius 3 is 2.55 bits per heavy atom. The van der Waals surface area contributed by atoms with E-state index < -0.39 is 0 Å². The van der Waals surface area contributed by atoms with E-state index in [-0.39, 0.29) is 17.9 Å². The number of likely N-dealkylation sites (N-methyl/N-ethyl adjacent to an activating group) is 1. The van der Waals surface area contributed by atoms with Gasteiger partial charge in [-0.05, 0) is 39.4 Å². The molecule has 0 radical (unpaired) electrons. The molecule has 1 saturated heterocycles. The second-order valence-electron chi connectivity index (χ2n) is 6.13. The van der Waals surface area contributed by atoms with E-state index in [1.165, 1.54) is 37.0 Å².